The first kappa shape index (κ1) is 16.8. The molecule has 2 heterocycles. The zero-order valence-electron chi connectivity index (χ0n) is 11.6. The van der Waals surface area contributed by atoms with Crippen LogP contribution >= 0.6 is 34.9 Å². The summed E-state index contributed by atoms with van der Waals surface area (Å²) in [6.45, 7) is 2.06. The van der Waals surface area contributed by atoms with Crippen molar-refractivity contribution in [1.82, 2.24) is 10.2 Å². The third kappa shape index (κ3) is 4.75. The highest BCUT2D eigenvalue weighted by Gasteiger charge is 2.16. The second-order valence-corrected chi connectivity index (χ2v) is 7.28. The number of carbonyl (C=O) groups is 2. The summed E-state index contributed by atoms with van der Waals surface area (Å²) in [6, 6.07) is 1.59. The van der Waals surface area contributed by atoms with Gasteiger partial charge in [-0.1, -0.05) is 34.9 Å². The van der Waals surface area contributed by atoms with Crippen LogP contribution in [0, 0.1) is 0 Å². The molecule has 0 aromatic carbocycles. The molecule has 1 amide bonds. The van der Waals surface area contributed by atoms with Crippen LogP contribution in [0.5, 0.6) is 0 Å². The molecule has 0 saturated heterocycles. The number of hydrogen-bond donors (Lipinski definition) is 1. The quantitative estimate of drug-likeness (QED) is 0.564. The maximum Gasteiger partial charge on any atom is 0.341 e. The monoisotopic (exact) mass is 359 g/mol. The van der Waals surface area contributed by atoms with Crippen LogP contribution in [0.4, 0.5) is 0 Å². The smallest absolute Gasteiger partial charge is 0.341 e. The van der Waals surface area contributed by atoms with E-state index >= 15 is 0 Å². The van der Waals surface area contributed by atoms with Gasteiger partial charge in [-0.25, -0.2) is 4.79 Å². The van der Waals surface area contributed by atoms with Crippen molar-refractivity contribution >= 4 is 46.7 Å². The second-order valence-electron chi connectivity index (χ2n) is 3.86. The first-order valence-electron chi connectivity index (χ1n) is 6.21. The molecule has 0 aliphatic rings. The summed E-state index contributed by atoms with van der Waals surface area (Å²) in [5, 5.41) is 7.96. The van der Waals surface area contributed by atoms with E-state index in [1.807, 2.05) is 0 Å². The summed E-state index contributed by atoms with van der Waals surface area (Å²) < 4.78 is 11.7. The molecule has 7 nitrogen and oxygen atoms in total. The maximum absolute atomic E-state index is 11.7. The van der Waals surface area contributed by atoms with E-state index in [9.17, 15) is 9.59 Å². The van der Waals surface area contributed by atoms with Crippen molar-refractivity contribution in [3.8, 4) is 0 Å². The number of furan rings is 1. The Kier molecular flexibility index (Phi) is 6.28. The van der Waals surface area contributed by atoms with Gasteiger partial charge in [-0.3, -0.25) is 4.79 Å². The van der Waals surface area contributed by atoms with Crippen LogP contribution in [0.2, 0.25) is 0 Å². The minimum atomic E-state index is -0.401. The van der Waals surface area contributed by atoms with Crippen LogP contribution in [-0.4, -0.2) is 34.4 Å². The number of hydrogen-bond acceptors (Lipinski definition) is 9. The average molecular weight is 359 g/mol. The van der Waals surface area contributed by atoms with Gasteiger partial charge in [-0.15, -0.1) is 10.2 Å². The lowest BCUT2D eigenvalue weighted by molar-refractivity contribution is -0.115. The minimum Gasteiger partial charge on any atom is -0.468 e. The summed E-state index contributed by atoms with van der Waals surface area (Å²) in [5.74, 6) is 0.344. The summed E-state index contributed by atoms with van der Waals surface area (Å²) in [4.78, 5) is 22.4. The minimum absolute atomic E-state index is 0.171. The lowest BCUT2D eigenvalue weighted by atomic mass is 10.3. The molecule has 118 valence electrons. The van der Waals surface area contributed by atoms with Crippen molar-refractivity contribution in [1.29, 1.82) is 0 Å². The number of nitrogens with two attached hydrogens (primary N) is 1. The third-order valence-electron chi connectivity index (χ3n) is 2.29. The van der Waals surface area contributed by atoms with Gasteiger partial charge < -0.3 is 14.9 Å². The standard InChI is InChI=1S/C12H13N3O4S3/c1-2-18-10(17)7-3-4-19-8(7)5-20-11-14-15-12(22-11)21-6-9(13)16/h3-4H,2,5-6H2,1H3,(H2,13,16). The Morgan fingerprint density at radius 1 is 1.36 bits per heavy atom. The summed E-state index contributed by atoms with van der Waals surface area (Å²) in [6.07, 6.45) is 1.45. The Hall–Kier alpha value is -1.52. The van der Waals surface area contributed by atoms with E-state index in [0.29, 0.717) is 28.0 Å². The molecule has 0 aliphatic carbocycles. The van der Waals surface area contributed by atoms with Gasteiger partial charge in [0, 0.05) is 0 Å². The molecule has 0 spiro atoms. The molecular formula is C12H13N3O4S3. The Labute approximate surface area is 139 Å². The summed E-state index contributed by atoms with van der Waals surface area (Å²) in [7, 11) is 0. The molecule has 0 bridgehead atoms. The van der Waals surface area contributed by atoms with Crippen molar-refractivity contribution in [2.45, 2.75) is 21.4 Å². The zero-order valence-corrected chi connectivity index (χ0v) is 14.1. The van der Waals surface area contributed by atoms with Crippen molar-refractivity contribution < 1.29 is 18.7 Å². The molecule has 0 aliphatic heterocycles. The Bertz CT molecular complexity index is 656. The number of ether oxygens (including phenoxy) is 1. The van der Waals surface area contributed by atoms with E-state index < -0.39 is 11.9 Å². The highest BCUT2D eigenvalue weighted by molar-refractivity contribution is 8.03. The fraction of sp³-hybridized carbons (Fsp3) is 0.333. The molecule has 2 N–H and O–H groups in total. The molecule has 0 fully saturated rings. The van der Waals surface area contributed by atoms with Gasteiger partial charge in [0.15, 0.2) is 8.68 Å². The number of primary amides is 1. The fourth-order valence-electron chi connectivity index (χ4n) is 1.42. The molecule has 2 aromatic heterocycles. The number of nitrogens with zero attached hydrogens (tertiary/aromatic N) is 2. The Morgan fingerprint density at radius 3 is 2.77 bits per heavy atom. The number of thioether (sulfide) groups is 2. The van der Waals surface area contributed by atoms with Crippen molar-refractivity contribution in [3.63, 3.8) is 0 Å². The van der Waals surface area contributed by atoms with Gasteiger partial charge in [0.1, 0.15) is 11.3 Å². The van der Waals surface area contributed by atoms with E-state index in [2.05, 4.69) is 10.2 Å². The summed E-state index contributed by atoms with van der Waals surface area (Å²) >= 11 is 4.00. The van der Waals surface area contributed by atoms with Crippen LogP contribution in [-0.2, 0) is 15.3 Å². The molecule has 0 unspecified atom stereocenters. The molecule has 0 atom stereocenters. The SMILES string of the molecule is CCOC(=O)c1ccoc1CSc1nnc(SCC(N)=O)s1. The van der Waals surface area contributed by atoms with E-state index in [-0.39, 0.29) is 5.75 Å². The molecule has 0 saturated carbocycles. The van der Waals surface area contributed by atoms with E-state index in [0.717, 1.165) is 4.34 Å². The topological polar surface area (TPSA) is 108 Å². The normalized spacial score (nSPS) is 10.6. The van der Waals surface area contributed by atoms with Crippen LogP contribution < -0.4 is 5.73 Å². The van der Waals surface area contributed by atoms with Gasteiger partial charge in [-0.05, 0) is 13.0 Å². The first-order valence-corrected chi connectivity index (χ1v) is 8.99. The largest absolute Gasteiger partial charge is 0.468 e. The average Bonchev–Trinajstić information content (AvgIpc) is 3.12. The van der Waals surface area contributed by atoms with E-state index in [4.69, 9.17) is 14.9 Å². The fourth-order valence-corrected chi connectivity index (χ4v) is 4.13. The molecular weight excluding hydrogens is 346 g/mol. The van der Waals surface area contributed by atoms with Gasteiger partial charge in [0.05, 0.1) is 24.4 Å². The van der Waals surface area contributed by atoms with Gasteiger partial charge >= 0.3 is 5.97 Å². The van der Waals surface area contributed by atoms with Crippen LogP contribution in [0.25, 0.3) is 0 Å². The van der Waals surface area contributed by atoms with Crippen molar-refractivity contribution in [2.75, 3.05) is 12.4 Å². The molecule has 2 aromatic rings. The number of esters is 1. The first-order chi connectivity index (χ1) is 10.6. The van der Waals surface area contributed by atoms with Gasteiger partial charge in [0.2, 0.25) is 5.91 Å². The number of carbonyl (C=O) groups excluding carboxylic acids is 2. The van der Waals surface area contributed by atoms with Crippen LogP contribution in [0.1, 0.15) is 23.0 Å². The lowest BCUT2D eigenvalue weighted by Crippen LogP contribution is -2.12. The zero-order chi connectivity index (χ0) is 15.9. The van der Waals surface area contributed by atoms with Crippen molar-refractivity contribution in [2.24, 2.45) is 5.73 Å². The molecule has 0 radical (unpaired) electrons. The second kappa shape index (κ2) is 8.20. The maximum atomic E-state index is 11.7. The number of aromatic nitrogens is 2. The van der Waals surface area contributed by atoms with Crippen molar-refractivity contribution in [3.05, 3.63) is 23.7 Å². The predicted octanol–water partition coefficient (Wildman–Crippen LogP) is 2.18. The van der Waals surface area contributed by atoms with Gasteiger partial charge in [-0.2, -0.15) is 0 Å². The molecule has 10 heteroatoms. The van der Waals surface area contributed by atoms with Crippen LogP contribution in [0.15, 0.2) is 25.4 Å². The van der Waals surface area contributed by atoms with E-state index in [1.54, 1.807) is 13.0 Å². The van der Waals surface area contributed by atoms with Crippen LogP contribution in [0.3, 0.4) is 0 Å². The highest BCUT2D eigenvalue weighted by atomic mass is 32.2. The lowest BCUT2D eigenvalue weighted by Gasteiger charge is -2.01. The Morgan fingerprint density at radius 2 is 2.09 bits per heavy atom. The Balaban J connectivity index is 1.92. The third-order valence-corrected chi connectivity index (χ3v) is 5.51. The predicted molar refractivity (Wildman–Crippen MR) is 84.1 cm³/mol. The molecule has 22 heavy (non-hydrogen) atoms. The van der Waals surface area contributed by atoms with Gasteiger partial charge in [0.25, 0.3) is 0 Å². The van der Waals surface area contributed by atoms with E-state index in [1.165, 1.54) is 41.1 Å². The summed E-state index contributed by atoms with van der Waals surface area (Å²) in [5.41, 5.74) is 5.49. The number of rotatable bonds is 8. The highest BCUT2D eigenvalue weighted by Crippen LogP contribution is 2.31. The number of amides is 1. The molecule has 2 rings (SSSR count).